The zero-order valence-electron chi connectivity index (χ0n) is 12.2. The predicted octanol–water partition coefficient (Wildman–Crippen LogP) is 4.74. The van der Waals surface area contributed by atoms with Gasteiger partial charge in [0.2, 0.25) is 0 Å². The van der Waals surface area contributed by atoms with Crippen molar-refractivity contribution in [2.45, 2.75) is 51.1 Å². The van der Waals surface area contributed by atoms with Gasteiger partial charge in [-0.25, -0.2) is 4.79 Å². The third-order valence-corrected chi connectivity index (χ3v) is 5.69. The summed E-state index contributed by atoms with van der Waals surface area (Å²) in [5.41, 5.74) is 0.939. The van der Waals surface area contributed by atoms with Gasteiger partial charge in [-0.05, 0) is 69.3 Å². The Morgan fingerprint density at radius 1 is 1.29 bits per heavy atom. The molecule has 0 amide bonds. The van der Waals surface area contributed by atoms with E-state index in [4.69, 9.17) is 4.74 Å². The molecule has 1 aliphatic carbocycles. The van der Waals surface area contributed by atoms with Crippen LogP contribution in [0.25, 0.3) is 0 Å². The number of hydrogen-bond acceptors (Lipinski definition) is 3. The SMILES string of the molecule is CCOC(=O)C(NC1CCCCC1)c1ccc(Br)c(Br)c1. The third-order valence-electron chi connectivity index (χ3n) is 3.81. The number of carbonyl (C=O) groups excluding carboxylic acids is 1. The minimum atomic E-state index is -0.391. The monoisotopic (exact) mass is 417 g/mol. The summed E-state index contributed by atoms with van der Waals surface area (Å²) in [6, 6.07) is 5.90. The van der Waals surface area contributed by atoms with Gasteiger partial charge in [0.15, 0.2) is 0 Å². The summed E-state index contributed by atoms with van der Waals surface area (Å²) < 4.78 is 7.16. The molecule has 1 atom stereocenters. The highest BCUT2D eigenvalue weighted by atomic mass is 79.9. The van der Waals surface area contributed by atoms with E-state index < -0.39 is 6.04 Å². The minimum absolute atomic E-state index is 0.197. The predicted molar refractivity (Wildman–Crippen MR) is 91.2 cm³/mol. The number of carbonyl (C=O) groups is 1. The summed E-state index contributed by atoms with van der Waals surface area (Å²) in [5.74, 6) is -0.197. The molecule has 1 aromatic rings. The zero-order valence-corrected chi connectivity index (χ0v) is 15.4. The van der Waals surface area contributed by atoms with Gasteiger partial charge >= 0.3 is 5.97 Å². The molecule has 2 rings (SSSR count). The lowest BCUT2D eigenvalue weighted by molar-refractivity contribution is -0.146. The molecule has 1 saturated carbocycles. The Morgan fingerprint density at radius 2 is 2.00 bits per heavy atom. The van der Waals surface area contributed by atoms with Crippen molar-refractivity contribution in [3.8, 4) is 0 Å². The lowest BCUT2D eigenvalue weighted by atomic mass is 9.94. The molecule has 21 heavy (non-hydrogen) atoms. The van der Waals surface area contributed by atoms with Gasteiger partial charge in [-0.1, -0.05) is 25.3 Å². The molecule has 0 radical (unpaired) electrons. The summed E-state index contributed by atoms with van der Waals surface area (Å²) in [6.07, 6.45) is 6.03. The molecule has 0 aromatic heterocycles. The number of benzene rings is 1. The maximum absolute atomic E-state index is 12.3. The Hall–Kier alpha value is -0.390. The molecule has 1 unspecified atom stereocenters. The molecule has 116 valence electrons. The molecule has 1 fully saturated rings. The number of rotatable bonds is 5. The van der Waals surface area contributed by atoms with Crippen molar-refractivity contribution in [2.24, 2.45) is 0 Å². The molecule has 1 aliphatic rings. The van der Waals surface area contributed by atoms with Gasteiger partial charge < -0.3 is 4.74 Å². The van der Waals surface area contributed by atoms with Crippen molar-refractivity contribution in [3.63, 3.8) is 0 Å². The molecule has 0 saturated heterocycles. The van der Waals surface area contributed by atoms with E-state index in [2.05, 4.69) is 37.2 Å². The second-order valence-corrected chi connectivity index (χ2v) is 7.07. The Bertz CT molecular complexity index is 487. The van der Waals surface area contributed by atoms with Crippen LogP contribution in [0.1, 0.15) is 50.6 Å². The van der Waals surface area contributed by atoms with Crippen LogP contribution in [0.2, 0.25) is 0 Å². The normalized spacial score (nSPS) is 17.5. The molecule has 5 heteroatoms. The Morgan fingerprint density at radius 3 is 2.62 bits per heavy atom. The number of nitrogens with one attached hydrogen (secondary N) is 1. The average molecular weight is 419 g/mol. The topological polar surface area (TPSA) is 38.3 Å². The largest absolute Gasteiger partial charge is 0.465 e. The van der Waals surface area contributed by atoms with E-state index in [1.54, 1.807) is 0 Å². The molecule has 1 N–H and O–H groups in total. The van der Waals surface area contributed by atoms with Crippen molar-refractivity contribution in [1.29, 1.82) is 0 Å². The first kappa shape index (κ1) is 17.0. The molecule has 3 nitrogen and oxygen atoms in total. The van der Waals surface area contributed by atoms with Crippen LogP contribution in [0.5, 0.6) is 0 Å². The minimum Gasteiger partial charge on any atom is -0.465 e. The van der Waals surface area contributed by atoms with Crippen molar-refractivity contribution in [3.05, 3.63) is 32.7 Å². The van der Waals surface area contributed by atoms with Crippen LogP contribution in [0.15, 0.2) is 27.1 Å². The summed E-state index contributed by atoms with van der Waals surface area (Å²) in [7, 11) is 0. The Balaban J connectivity index is 2.17. The second-order valence-electron chi connectivity index (χ2n) is 5.36. The molecule has 0 spiro atoms. The molecule has 0 heterocycles. The molecular weight excluding hydrogens is 398 g/mol. The fourth-order valence-corrected chi connectivity index (χ4v) is 3.37. The molecule has 0 bridgehead atoms. The fraction of sp³-hybridized carbons (Fsp3) is 0.562. The van der Waals surface area contributed by atoms with E-state index >= 15 is 0 Å². The van der Waals surface area contributed by atoms with E-state index in [9.17, 15) is 4.79 Å². The average Bonchev–Trinajstić information content (AvgIpc) is 2.49. The molecular formula is C16H21Br2NO2. The van der Waals surface area contributed by atoms with Crippen LogP contribution in [0.3, 0.4) is 0 Å². The first-order valence-corrected chi connectivity index (χ1v) is 9.08. The van der Waals surface area contributed by atoms with Gasteiger partial charge in [-0.2, -0.15) is 0 Å². The number of halogens is 2. The van der Waals surface area contributed by atoms with Gasteiger partial charge in [0.05, 0.1) is 6.61 Å². The summed E-state index contributed by atoms with van der Waals surface area (Å²) in [5, 5.41) is 3.49. The van der Waals surface area contributed by atoms with E-state index in [0.717, 1.165) is 27.4 Å². The highest BCUT2D eigenvalue weighted by Gasteiger charge is 2.26. The maximum atomic E-state index is 12.3. The van der Waals surface area contributed by atoms with Gasteiger partial charge in [-0.3, -0.25) is 5.32 Å². The number of ether oxygens (including phenoxy) is 1. The zero-order chi connectivity index (χ0) is 15.2. The van der Waals surface area contributed by atoms with Crippen molar-refractivity contribution >= 4 is 37.8 Å². The van der Waals surface area contributed by atoms with Crippen LogP contribution in [-0.2, 0) is 9.53 Å². The van der Waals surface area contributed by atoms with E-state index in [1.807, 2.05) is 25.1 Å². The van der Waals surface area contributed by atoms with Crippen molar-refractivity contribution < 1.29 is 9.53 Å². The highest BCUT2D eigenvalue weighted by molar-refractivity contribution is 9.13. The first-order chi connectivity index (χ1) is 10.1. The van der Waals surface area contributed by atoms with E-state index in [0.29, 0.717) is 12.6 Å². The van der Waals surface area contributed by atoms with Crippen LogP contribution in [0.4, 0.5) is 0 Å². The van der Waals surface area contributed by atoms with Gasteiger partial charge in [0.1, 0.15) is 6.04 Å². The lowest BCUT2D eigenvalue weighted by Crippen LogP contribution is -2.39. The van der Waals surface area contributed by atoms with Gasteiger partial charge in [-0.15, -0.1) is 0 Å². The summed E-state index contributed by atoms with van der Waals surface area (Å²) in [6.45, 7) is 2.24. The second kappa shape index (κ2) is 8.30. The van der Waals surface area contributed by atoms with E-state index in [-0.39, 0.29) is 5.97 Å². The van der Waals surface area contributed by atoms with Crippen molar-refractivity contribution in [2.75, 3.05) is 6.61 Å². The Kier molecular flexibility index (Phi) is 6.71. The van der Waals surface area contributed by atoms with Crippen LogP contribution in [0, 0.1) is 0 Å². The lowest BCUT2D eigenvalue weighted by Gasteiger charge is -2.27. The number of hydrogen-bond donors (Lipinski definition) is 1. The number of esters is 1. The highest BCUT2D eigenvalue weighted by Crippen LogP contribution is 2.28. The summed E-state index contributed by atoms with van der Waals surface area (Å²) >= 11 is 6.96. The van der Waals surface area contributed by atoms with Crippen LogP contribution >= 0.6 is 31.9 Å². The summed E-state index contributed by atoms with van der Waals surface area (Å²) in [4.78, 5) is 12.3. The van der Waals surface area contributed by atoms with E-state index in [1.165, 1.54) is 19.3 Å². The molecule has 0 aliphatic heterocycles. The maximum Gasteiger partial charge on any atom is 0.327 e. The van der Waals surface area contributed by atoms with Crippen LogP contribution in [-0.4, -0.2) is 18.6 Å². The smallest absolute Gasteiger partial charge is 0.327 e. The first-order valence-electron chi connectivity index (χ1n) is 7.49. The van der Waals surface area contributed by atoms with Crippen LogP contribution < -0.4 is 5.32 Å². The molecule has 1 aromatic carbocycles. The quantitative estimate of drug-likeness (QED) is 0.702. The van der Waals surface area contributed by atoms with Crippen molar-refractivity contribution in [1.82, 2.24) is 5.32 Å². The van der Waals surface area contributed by atoms with Gasteiger partial charge in [0, 0.05) is 15.0 Å². The van der Waals surface area contributed by atoms with Gasteiger partial charge in [0.25, 0.3) is 0 Å². The fourth-order valence-electron chi connectivity index (χ4n) is 2.72. The Labute approximate surface area is 143 Å². The third kappa shape index (κ3) is 4.80. The standard InChI is InChI=1S/C16H21Br2NO2/c1-2-21-16(20)15(19-12-6-4-3-5-7-12)11-8-9-13(17)14(18)10-11/h8-10,12,15,19H,2-7H2,1H3.